The highest BCUT2D eigenvalue weighted by Gasteiger charge is 2.34. The molecule has 4 aromatic rings. The van der Waals surface area contributed by atoms with Crippen LogP contribution in [0.25, 0.3) is 22.3 Å². The largest absolute Gasteiger partial charge is 0.360 e. The molecule has 0 bridgehead atoms. The topological polar surface area (TPSA) is 112 Å². The molecule has 9 nitrogen and oxygen atoms in total. The van der Waals surface area contributed by atoms with E-state index in [9.17, 15) is 18.8 Å². The summed E-state index contributed by atoms with van der Waals surface area (Å²) in [6, 6.07) is 11.2. The van der Waals surface area contributed by atoms with Crippen LogP contribution in [-0.4, -0.2) is 68.2 Å². The summed E-state index contributed by atoms with van der Waals surface area (Å²) >= 11 is 0. The van der Waals surface area contributed by atoms with Crippen molar-refractivity contribution in [1.82, 2.24) is 24.9 Å². The zero-order chi connectivity index (χ0) is 23.8. The van der Waals surface area contributed by atoms with Crippen LogP contribution in [0, 0.1) is 5.82 Å². The molecule has 0 radical (unpaired) electrons. The van der Waals surface area contributed by atoms with Crippen molar-refractivity contribution in [3.8, 4) is 11.4 Å². The first-order valence-corrected chi connectivity index (χ1v) is 10.7. The third-order valence-electron chi connectivity index (χ3n) is 6.02. The first-order chi connectivity index (χ1) is 16.5. The molecule has 2 aromatic heterocycles. The number of aromatic amines is 1. The van der Waals surface area contributed by atoms with Crippen LogP contribution < -0.4 is 0 Å². The second kappa shape index (κ2) is 8.54. The van der Waals surface area contributed by atoms with Gasteiger partial charge in [-0.15, -0.1) is 0 Å². The summed E-state index contributed by atoms with van der Waals surface area (Å²) in [7, 11) is 0. The lowest BCUT2D eigenvalue weighted by molar-refractivity contribution is -0.130. The van der Waals surface area contributed by atoms with Crippen molar-refractivity contribution >= 4 is 28.5 Å². The van der Waals surface area contributed by atoms with Crippen LogP contribution in [0.1, 0.15) is 27.6 Å². The van der Waals surface area contributed by atoms with Gasteiger partial charge in [0.1, 0.15) is 5.82 Å². The number of nitrogens with zero attached hydrogens (tertiary/aromatic N) is 4. The Kier molecular flexibility index (Phi) is 5.40. The summed E-state index contributed by atoms with van der Waals surface area (Å²) in [6.07, 6.45) is 2.46. The Morgan fingerprint density at radius 3 is 2.62 bits per heavy atom. The van der Waals surface area contributed by atoms with Crippen LogP contribution in [-0.2, 0) is 4.79 Å². The molecule has 172 valence electrons. The van der Waals surface area contributed by atoms with Gasteiger partial charge in [0.05, 0.1) is 11.1 Å². The molecule has 1 aliphatic rings. The van der Waals surface area contributed by atoms with Gasteiger partial charge in [-0.3, -0.25) is 14.4 Å². The van der Waals surface area contributed by atoms with E-state index in [4.69, 9.17) is 4.52 Å². The Labute approximate surface area is 193 Å². The molecule has 0 aliphatic carbocycles. The second-order valence-corrected chi connectivity index (χ2v) is 8.10. The predicted molar refractivity (Wildman–Crippen MR) is 119 cm³/mol. The van der Waals surface area contributed by atoms with E-state index in [1.165, 1.54) is 23.2 Å². The van der Waals surface area contributed by atoms with Gasteiger partial charge in [-0.1, -0.05) is 23.4 Å². The van der Waals surface area contributed by atoms with E-state index in [-0.39, 0.29) is 41.8 Å². The zero-order valence-corrected chi connectivity index (χ0v) is 18.2. The fourth-order valence-electron chi connectivity index (χ4n) is 4.31. The smallest absolute Gasteiger partial charge is 0.295 e. The highest BCUT2D eigenvalue weighted by Crippen LogP contribution is 2.31. The van der Waals surface area contributed by atoms with E-state index in [0.717, 1.165) is 6.39 Å². The van der Waals surface area contributed by atoms with Crippen molar-refractivity contribution in [2.45, 2.75) is 13.0 Å². The third-order valence-corrected chi connectivity index (χ3v) is 6.02. The van der Waals surface area contributed by atoms with Crippen molar-refractivity contribution in [2.24, 2.45) is 0 Å². The Hall–Kier alpha value is -4.34. The minimum atomic E-state index is -0.829. The summed E-state index contributed by atoms with van der Waals surface area (Å²) in [6.45, 7) is 2.56. The summed E-state index contributed by atoms with van der Waals surface area (Å²) in [5.41, 5.74) is 1.23. The quantitative estimate of drug-likeness (QED) is 0.369. The average Bonchev–Trinajstić information content (AvgIpc) is 3.55. The van der Waals surface area contributed by atoms with Gasteiger partial charge in [-0.25, -0.2) is 4.39 Å². The fraction of sp³-hybridized carbons (Fsp3) is 0.208. The molecular weight excluding hydrogens is 441 g/mol. The number of ketones is 1. The molecular formula is C24H20FN5O4. The standard InChI is InChI=1S/C24H20FN5O4/c1-14-12-29(23(32)15-5-3-2-4-6-15)9-10-30(14)24(33)21(31)17-11-26-20-16(22-27-13-34-28-22)7-8-18(25)19(17)20/h2-8,11,13-14,26H,9-10,12H2,1H3/t14-/m1/s1. The van der Waals surface area contributed by atoms with Gasteiger partial charge in [0.25, 0.3) is 17.6 Å². The molecule has 1 aliphatic heterocycles. The normalized spacial score (nSPS) is 16.1. The van der Waals surface area contributed by atoms with E-state index in [0.29, 0.717) is 23.2 Å². The number of benzene rings is 2. The number of carbonyl (C=O) groups excluding carboxylic acids is 3. The van der Waals surface area contributed by atoms with E-state index in [2.05, 4.69) is 15.1 Å². The van der Waals surface area contributed by atoms with E-state index in [1.807, 2.05) is 6.07 Å². The van der Waals surface area contributed by atoms with Crippen LogP contribution in [0.15, 0.2) is 59.6 Å². The highest BCUT2D eigenvalue weighted by molar-refractivity contribution is 6.45. The molecule has 1 N–H and O–H groups in total. The Bertz CT molecular complexity index is 1380. The van der Waals surface area contributed by atoms with Gasteiger partial charge in [-0.05, 0) is 31.2 Å². The van der Waals surface area contributed by atoms with Crippen molar-refractivity contribution < 1.29 is 23.3 Å². The zero-order valence-electron chi connectivity index (χ0n) is 18.2. The van der Waals surface area contributed by atoms with Gasteiger partial charge in [0.15, 0.2) is 0 Å². The minimum absolute atomic E-state index is 0.00815. The number of piperazine rings is 1. The molecule has 0 saturated carbocycles. The Morgan fingerprint density at radius 1 is 1.12 bits per heavy atom. The number of amides is 2. The molecule has 0 spiro atoms. The lowest BCUT2D eigenvalue weighted by atomic mass is 10.0. The van der Waals surface area contributed by atoms with Crippen LogP contribution in [0.2, 0.25) is 0 Å². The van der Waals surface area contributed by atoms with Crippen LogP contribution in [0.5, 0.6) is 0 Å². The number of carbonyl (C=O) groups is 3. The molecule has 3 heterocycles. The number of aromatic nitrogens is 3. The highest BCUT2D eigenvalue weighted by atomic mass is 19.1. The number of hydrogen-bond donors (Lipinski definition) is 1. The molecule has 0 unspecified atom stereocenters. The van der Waals surface area contributed by atoms with Crippen molar-refractivity contribution in [3.63, 3.8) is 0 Å². The summed E-state index contributed by atoms with van der Waals surface area (Å²) in [5, 5.41) is 3.75. The maximum Gasteiger partial charge on any atom is 0.295 e. The Balaban J connectivity index is 1.37. The summed E-state index contributed by atoms with van der Waals surface area (Å²) in [5.74, 6) is -2.12. The summed E-state index contributed by atoms with van der Waals surface area (Å²) < 4.78 is 19.5. The first kappa shape index (κ1) is 21.5. The van der Waals surface area contributed by atoms with Gasteiger partial charge in [0.2, 0.25) is 12.2 Å². The molecule has 1 saturated heterocycles. The number of hydrogen-bond acceptors (Lipinski definition) is 6. The molecule has 1 atom stereocenters. The van der Waals surface area contributed by atoms with Crippen molar-refractivity contribution in [3.05, 3.63) is 72.0 Å². The van der Waals surface area contributed by atoms with E-state index < -0.39 is 17.5 Å². The number of fused-ring (bicyclic) bond motifs is 1. The molecule has 2 aromatic carbocycles. The second-order valence-electron chi connectivity index (χ2n) is 8.10. The number of Topliss-reactive ketones (excluding diaryl/α,β-unsaturated/α-hetero) is 1. The van der Waals surface area contributed by atoms with Crippen LogP contribution in [0.3, 0.4) is 0 Å². The fourth-order valence-corrected chi connectivity index (χ4v) is 4.31. The van der Waals surface area contributed by atoms with Crippen molar-refractivity contribution in [1.29, 1.82) is 0 Å². The Morgan fingerprint density at radius 2 is 1.91 bits per heavy atom. The first-order valence-electron chi connectivity index (χ1n) is 10.7. The maximum absolute atomic E-state index is 14.7. The van der Waals surface area contributed by atoms with E-state index in [1.54, 1.807) is 36.1 Å². The predicted octanol–water partition coefficient (Wildman–Crippen LogP) is 2.91. The van der Waals surface area contributed by atoms with Gasteiger partial charge in [-0.2, -0.15) is 4.98 Å². The molecule has 34 heavy (non-hydrogen) atoms. The maximum atomic E-state index is 14.7. The monoisotopic (exact) mass is 461 g/mol. The van der Waals surface area contributed by atoms with Gasteiger partial charge < -0.3 is 19.3 Å². The minimum Gasteiger partial charge on any atom is -0.360 e. The van der Waals surface area contributed by atoms with E-state index >= 15 is 0 Å². The van der Waals surface area contributed by atoms with Gasteiger partial charge >= 0.3 is 0 Å². The molecule has 5 rings (SSSR count). The number of halogens is 1. The third kappa shape index (κ3) is 3.62. The van der Waals surface area contributed by atoms with Crippen LogP contribution >= 0.6 is 0 Å². The van der Waals surface area contributed by atoms with Gasteiger partial charge in [0, 0.05) is 48.4 Å². The number of rotatable bonds is 4. The SMILES string of the molecule is C[C@@H]1CN(C(=O)c2ccccc2)CCN1C(=O)C(=O)c1c[nH]c2c(-c3ncon3)ccc(F)c12. The molecule has 10 heteroatoms. The number of H-pyrrole nitrogens is 1. The van der Waals surface area contributed by atoms with Crippen LogP contribution in [0.4, 0.5) is 4.39 Å². The molecule has 2 amide bonds. The number of nitrogens with one attached hydrogen (secondary N) is 1. The average molecular weight is 461 g/mol. The molecule has 1 fully saturated rings. The lowest BCUT2D eigenvalue weighted by Gasteiger charge is -2.39. The summed E-state index contributed by atoms with van der Waals surface area (Å²) in [4.78, 5) is 48.9. The lowest BCUT2D eigenvalue weighted by Crippen LogP contribution is -2.56. The van der Waals surface area contributed by atoms with Crippen molar-refractivity contribution in [2.75, 3.05) is 19.6 Å².